The first-order chi connectivity index (χ1) is 23.3. The summed E-state index contributed by atoms with van der Waals surface area (Å²) in [7, 11) is 0. The first kappa shape index (κ1) is 26.0. The Bertz CT molecular complexity index is 2790. The molecule has 2 aromatic heterocycles. The molecule has 0 aliphatic carbocycles. The van der Waals surface area contributed by atoms with Crippen LogP contribution in [0.25, 0.3) is 76.5 Å². The van der Waals surface area contributed by atoms with Crippen molar-refractivity contribution >= 4 is 82.5 Å². The average molecular weight is 602 g/mol. The Labute approximate surface area is 270 Å². The van der Waals surface area contributed by atoms with E-state index >= 15 is 0 Å². The molecule has 0 atom stereocenters. The maximum atomic E-state index is 6.46. The highest BCUT2D eigenvalue weighted by atomic mass is 16.3. The Morgan fingerprint density at radius 2 is 0.936 bits per heavy atom. The molecule has 47 heavy (non-hydrogen) atoms. The van der Waals surface area contributed by atoms with Crippen LogP contribution < -0.4 is 4.90 Å². The molecule has 8 aromatic carbocycles. The predicted molar refractivity (Wildman–Crippen MR) is 196 cm³/mol. The van der Waals surface area contributed by atoms with Gasteiger partial charge in [0, 0.05) is 49.6 Å². The van der Waals surface area contributed by atoms with E-state index in [9.17, 15) is 0 Å². The summed E-state index contributed by atoms with van der Waals surface area (Å²) in [5.74, 6) is 0. The largest absolute Gasteiger partial charge is 0.455 e. The fourth-order valence-corrected chi connectivity index (χ4v) is 7.24. The average Bonchev–Trinajstić information content (AvgIpc) is 3.71. The van der Waals surface area contributed by atoms with Gasteiger partial charge in [-0.1, -0.05) is 109 Å². The first-order valence-corrected chi connectivity index (χ1v) is 15.9. The molecule has 0 radical (unpaired) electrons. The summed E-state index contributed by atoms with van der Waals surface area (Å²) in [4.78, 5) is 2.32. The number of benzene rings is 8. The van der Waals surface area contributed by atoms with E-state index in [1.54, 1.807) is 0 Å². The van der Waals surface area contributed by atoms with E-state index in [0.717, 1.165) is 82.8 Å². The number of furan rings is 2. The van der Waals surface area contributed by atoms with Crippen molar-refractivity contribution in [2.24, 2.45) is 0 Å². The number of fused-ring (bicyclic) bond motifs is 10. The number of para-hydroxylation sites is 4. The standard InChI is InChI=1S/C44H27NO2/c1-2-9-31(10-3-1)45(32-22-19-28(20-23-32)35-13-8-14-38-36-11-4-6-15-40(36)46-43(35)38)33-24-26-34-30(27-33)18-17-29-21-25-39-37-12-5-7-16-41(37)47-44(39)42(29)34/h1-27H. The Kier molecular flexibility index (Phi) is 5.57. The summed E-state index contributed by atoms with van der Waals surface area (Å²) in [6, 6.07) is 57.8. The van der Waals surface area contributed by atoms with Crippen molar-refractivity contribution in [1.82, 2.24) is 0 Å². The third-order valence-corrected chi connectivity index (χ3v) is 9.44. The van der Waals surface area contributed by atoms with Crippen molar-refractivity contribution in [2.75, 3.05) is 4.90 Å². The Hall–Kier alpha value is -6.32. The summed E-state index contributed by atoms with van der Waals surface area (Å²) in [6.45, 7) is 0. The van der Waals surface area contributed by atoms with Gasteiger partial charge in [0.25, 0.3) is 0 Å². The molecule has 0 N–H and O–H groups in total. The lowest BCUT2D eigenvalue weighted by molar-refractivity contribution is 0.670. The zero-order valence-electron chi connectivity index (χ0n) is 25.4. The fourth-order valence-electron chi connectivity index (χ4n) is 7.24. The zero-order valence-corrected chi connectivity index (χ0v) is 25.4. The van der Waals surface area contributed by atoms with Gasteiger partial charge in [-0.3, -0.25) is 0 Å². The highest BCUT2D eigenvalue weighted by Crippen LogP contribution is 2.42. The molecule has 0 unspecified atom stereocenters. The number of nitrogens with zero attached hydrogens (tertiary/aromatic N) is 1. The lowest BCUT2D eigenvalue weighted by Gasteiger charge is -2.26. The quantitative estimate of drug-likeness (QED) is 0.188. The van der Waals surface area contributed by atoms with Crippen LogP contribution in [0.5, 0.6) is 0 Å². The van der Waals surface area contributed by atoms with Gasteiger partial charge in [0.05, 0.1) is 0 Å². The van der Waals surface area contributed by atoms with Crippen LogP contribution in [0.4, 0.5) is 17.1 Å². The molecule has 0 saturated heterocycles. The molecule has 0 saturated carbocycles. The molecule has 10 rings (SSSR count). The molecular weight excluding hydrogens is 574 g/mol. The van der Waals surface area contributed by atoms with Gasteiger partial charge >= 0.3 is 0 Å². The molecule has 2 heterocycles. The van der Waals surface area contributed by atoms with Crippen LogP contribution in [0.3, 0.4) is 0 Å². The first-order valence-electron chi connectivity index (χ1n) is 15.9. The van der Waals surface area contributed by atoms with Gasteiger partial charge in [-0.15, -0.1) is 0 Å². The summed E-state index contributed by atoms with van der Waals surface area (Å²) in [6.07, 6.45) is 0. The predicted octanol–water partition coefficient (Wildman–Crippen LogP) is 12.9. The third-order valence-electron chi connectivity index (χ3n) is 9.44. The summed E-state index contributed by atoms with van der Waals surface area (Å²) >= 11 is 0. The van der Waals surface area contributed by atoms with E-state index in [2.05, 4.69) is 144 Å². The molecule has 0 bridgehead atoms. The van der Waals surface area contributed by atoms with Crippen LogP contribution >= 0.6 is 0 Å². The topological polar surface area (TPSA) is 29.5 Å². The molecule has 3 heteroatoms. The van der Waals surface area contributed by atoms with Gasteiger partial charge in [0.15, 0.2) is 0 Å². The molecular formula is C44H27NO2. The summed E-state index contributed by atoms with van der Waals surface area (Å²) in [5.41, 5.74) is 9.16. The molecule has 10 aromatic rings. The van der Waals surface area contributed by atoms with E-state index in [-0.39, 0.29) is 0 Å². The second kappa shape index (κ2) is 10.1. The molecule has 0 fully saturated rings. The third kappa shape index (κ3) is 4.00. The van der Waals surface area contributed by atoms with Crippen molar-refractivity contribution < 1.29 is 8.83 Å². The van der Waals surface area contributed by atoms with Gasteiger partial charge in [-0.05, 0) is 76.3 Å². The van der Waals surface area contributed by atoms with Gasteiger partial charge < -0.3 is 13.7 Å². The van der Waals surface area contributed by atoms with Crippen molar-refractivity contribution in [2.45, 2.75) is 0 Å². The van der Waals surface area contributed by atoms with Crippen LogP contribution in [0.2, 0.25) is 0 Å². The molecule has 0 aliphatic rings. The van der Waals surface area contributed by atoms with Crippen molar-refractivity contribution in [1.29, 1.82) is 0 Å². The van der Waals surface area contributed by atoms with Gasteiger partial charge in [0.1, 0.15) is 22.3 Å². The maximum Gasteiger partial charge on any atom is 0.143 e. The second-order valence-corrected chi connectivity index (χ2v) is 12.1. The van der Waals surface area contributed by atoms with E-state index < -0.39 is 0 Å². The minimum atomic E-state index is 0.909. The Morgan fingerprint density at radius 1 is 0.362 bits per heavy atom. The van der Waals surface area contributed by atoms with Crippen molar-refractivity contribution in [3.63, 3.8) is 0 Å². The zero-order chi connectivity index (χ0) is 30.9. The minimum absolute atomic E-state index is 0.909. The van der Waals surface area contributed by atoms with E-state index in [0.29, 0.717) is 0 Å². The van der Waals surface area contributed by atoms with Crippen molar-refractivity contribution in [3.05, 3.63) is 164 Å². The fraction of sp³-hybridized carbons (Fsp3) is 0. The molecule has 0 amide bonds. The van der Waals surface area contributed by atoms with Crippen LogP contribution in [-0.4, -0.2) is 0 Å². The highest BCUT2D eigenvalue weighted by molar-refractivity contribution is 6.23. The van der Waals surface area contributed by atoms with Crippen molar-refractivity contribution in [3.8, 4) is 11.1 Å². The monoisotopic (exact) mass is 601 g/mol. The summed E-state index contributed by atoms with van der Waals surface area (Å²) in [5, 5.41) is 9.24. The molecule has 220 valence electrons. The van der Waals surface area contributed by atoms with Crippen LogP contribution in [-0.2, 0) is 0 Å². The smallest absolute Gasteiger partial charge is 0.143 e. The SMILES string of the molecule is c1ccc(N(c2ccc(-c3cccc4c3oc3ccccc34)cc2)c2ccc3c(ccc4ccc5c6ccccc6oc5c43)c2)cc1. The molecule has 0 spiro atoms. The van der Waals surface area contributed by atoms with E-state index in [4.69, 9.17) is 8.83 Å². The number of anilines is 3. The maximum absolute atomic E-state index is 6.46. The number of hydrogen-bond donors (Lipinski definition) is 0. The van der Waals surface area contributed by atoms with Crippen LogP contribution in [0.15, 0.2) is 173 Å². The van der Waals surface area contributed by atoms with Gasteiger partial charge in [0.2, 0.25) is 0 Å². The number of hydrogen-bond acceptors (Lipinski definition) is 3. The number of rotatable bonds is 4. The van der Waals surface area contributed by atoms with Crippen LogP contribution in [0.1, 0.15) is 0 Å². The Morgan fingerprint density at radius 3 is 1.72 bits per heavy atom. The normalized spacial score (nSPS) is 11.8. The highest BCUT2D eigenvalue weighted by Gasteiger charge is 2.17. The molecule has 3 nitrogen and oxygen atoms in total. The van der Waals surface area contributed by atoms with Gasteiger partial charge in [-0.25, -0.2) is 0 Å². The minimum Gasteiger partial charge on any atom is -0.455 e. The van der Waals surface area contributed by atoms with Gasteiger partial charge in [-0.2, -0.15) is 0 Å². The van der Waals surface area contributed by atoms with Crippen LogP contribution in [0, 0.1) is 0 Å². The second-order valence-electron chi connectivity index (χ2n) is 12.1. The lowest BCUT2D eigenvalue weighted by atomic mass is 9.98. The van der Waals surface area contributed by atoms with E-state index in [1.807, 2.05) is 24.3 Å². The molecule has 0 aliphatic heterocycles. The lowest BCUT2D eigenvalue weighted by Crippen LogP contribution is -2.09. The Balaban J connectivity index is 1.11. The van der Waals surface area contributed by atoms with E-state index in [1.165, 1.54) is 10.8 Å². The summed E-state index contributed by atoms with van der Waals surface area (Å²) < 4.78 is 12.8.